The van der Waals surface area contributed by atoms with Gasteiger partial charge in [0.1, 0.15) is 12.4 Å². The Kier molecular flexibility index (Phi) is 6.72. The molecule has 178 valence electrons. The molecule has 0 unspecified atom stereocenters. The fourth-order valence-corrected chi connectivity index (χ4v) is 4.20. The van der Waals surface area contributed by atoms with Crippen molar-refractivity contribution in [1.82, 2.24) is 19.6 Å². The zero-order valence-corrected chi connectivity index (χ0v) is 20.3. The molecule has 1 fully saturated rings. The summed E-state index contributed by atoms with van der Waals surface area (Å²) in [6, 6.07) is 17.2. The molecule has 4 rings (SSSR count). The molecule has 2 heterocycles. The Morgan fingerprint density at radius 2 is 1.47 bits per heavy atom. The molecular weight excluding hydrogens is 428 g/mol. The Morgan fingerprint density at radius 3 is 2.03 bits per heavy atom. The topological polar surface area (TPSA) is 67.7 Å². The van der Waals surface area contributed by atoms with Crippen molar-refractivity contribution in [3.63, 3.8) is 0 Å². The lowest BCUT2D eigenvalue weighted by Crippen LogP contribution is -2.50. The van der Waals surface area contributed by atoms with E-state index >= 15 is 0 Å². The normalized spacial score (nSPS) is 14.2. The van der Waals surface area contributed by atoms with Crippen LogP contribution in [0.2, 0.25) is 0 Å². The second kappa shape index (κ2) is 9.71. The Hall–Kier alpha value is -3.61. The summed E-state index contributed by atoms with van der Waals surface area (Å²) in [4.78, 5) is 29.6. The van der Waals surface area contributed by atoms with E-state index in [4.69, 9.17) is 4.74 Å². The first-order valence-corrected chi connectivity index (χ1v) is 11.6. The standard InChI is InChI=1S/C27H32N4O3/c1-20-24(18-28-31(20)27(2,3)4)26(33)30-16-14-29(15-17-30)25(32)22-10-12-23(13-11-22)34-19-21-8-6-5-7-9-21/h5-13,18H,14-17,19H2,1-4H3. The summed E-state index contributed by atoms with van der Waals surface area (Å²) in [5, 5.41) is 4.42. The van der Waals surface area contributed by atoms with E-state index in [9.17, 15) is 9.59 Å². The fraction of sp³-hybridized carbons (Fsp3) is 0.370. The van der Waals surface area contributed by atoms with Gasteiger partial charge in [-0.15, -0.1) is 0 Å². The number of benzene rings is 2. The van der Waals surface area contributed by atoms with Gasteiger partial charge in [-0.3, -0.25) is 14.3 Å². The molecule has 0 saturated carbocycles. The number of amides is 2. The fourth-order valence-electron chi connectivity index (χ4n) is 4.20. The molecule has 0 N–H and O–H groups in total. The Balaban J connectivity index is 1.32. The molecule has 2 amide bonds. The van der Waals surface area contributed by atoms with Crippen molar-refractivity contribution in [2.75, 3.05) is 26.2 Å². The third-order valence-corrected chi connectivity index (χ3v) is 6.08. The number of piperazine rings is 1. The van der Waals surface area contributed by atoms with Crippen LogP contribution in [-0.4, -0.2) is 57.6 Å². The van der Waals surface area contributed by atoms with Crippen molar-refractivity contribution in [1.29, 1.82) is 0 Å². The van der Waals surface area contributed by atoms with E-state index in [0.717, 1.165) is 17.0 Å². The summed E-state index contributed by atoms with van der Waals surface area (Å²) < 4.78 is 7.69. The maximum absolute atomic E-state index is 13.1. The SMILES string of the molecule is Cc1c(C(=O)N2CCN(C(=O)c3ccc(OCc4ccccc4)cc3)CC2)cnn1C(C)(C)C. The second-order valence-electron chi connectivity index (χ2n) is 9.61. The molecule has 1 aromatic heterocycles. The first-order valence-electron chi connectivity index (χ1n) is 11.6. The minimum absolute atomic E-state index is 0.0278. The van der Waals surface area contributed by atoms with Gasteiger partial charge in [0.25, 0.3) is 11.8 Å². The monoisotopic (exact) mass is 460 g/mol. The highest BCUT2D eigenvalue weighted by molar-refractivity contribution is 5.96. The molecule has 7 heteroatoms. The lowest BCUT2D eigenvalue weighted by Gasteiger charge is -2.35. The molecule has 1 saturated heterocycles. The quantitative estimate of drug-likeness (QED) is 0.574. The Labute approximate surface area is 200 Å². The molecule has 0 radical (unpaired) electrons. The molecule has 2 aromatic carbocycles. The highest BCUT2D eigenvalue weighted by Gasteiger charge is 2.28. The number of nitrogens with zero attached hydrogens (tertiary/aromatic N) is 4. The van der Waals surface area contributed by atoms with Gasteiger partial charge in [-0.05, 0) is 57.5 Å². The zero-order chi connectivity index (χ0) is 24.3. The number of hydrogen-bond acceptors (Lipinski definition) is 4. The highest BCUT2D eigenvalue weighted by Crippen LogP contribution is 2.21. The van der Waals surface area contributed by atoms with Crippen LogP contribution in [0.1, 0.15) is 52.7 Å². The number of carbonyl (C=O) groups is 2. The van der Waals surface area contributed by atoms with Crippen LogP contribution in [0.3, 0.4) is 0 Å². The highest BCUT2D eigenvalue weighted by atomic mass is 16.5. The summed E-state index contributed by atoms with van der Waals surface area (Å²) in [6.07, 6.45) is 1.65. The minimum Gasteiger partial charge on any atom is -0.489 e. The molecule has 1 aliphatic heterocycles. The van der Waals surface area contributed by atoms with E-state index in [1.807, 2.05) is 54.1 Å². The van der Waals surface area contributed by atoms with Gasteiger partial charge < -0.3 is 14.5 Å². The van der Waals surface area contributed by atoms with E-state index in [1.165, 1.54) is 0 Å². The van der Waals surface area contributed by atoms with E-state index < -0.39 is 0 Å². The summed E-state index contributed by atoms with van der Waals surface area (Å²) in [6.45, 7) is 10.6. The second-order valence-corrected chi connectivity index (χ2v) is 9.61. The third kappa shape index (κ3) is 5.14. The molecule has 34 heavy (non-hydrogen) atoms. The van der Waals surface area contributed by atoms with Crippen LogP contribution in [0.4, 0.5) is 0 Å². The van der Waals surface area contributed by atoms with Crippen LogP contribution in [0.5, 0.6) is 5.75 Å². The summed E-state index contributed by atoms with van der Waals surface area (Å²) in [5.74, 6) is 0.667. The van der Waals surface area contributed by atoms with Crippen LogP contribution in [0, 0.1) is 6.92 Å². The number of aromatic nitrogens is 2. The molecule has 0 aliphatic carbocycles. The van der Waals surface area contributed by atoms with E-state index in [0.29, 0.717) is 43.9 Å². The van der Waals surface area contributed by atoms with Gasteiger partial charge in [-0.2, -0.15) is 5.10 Å². The Bertz CT molecular complexity index is 1140. The molecular formula is C27H32N4O3. The van der Waals surface area contributed by atoms with Gasteiger partial charge in [-0.1, -0.05) is 30.3 Å². The lowest BCUT2D eigenvalue weighted by atomic mass is 10.1. The van der Waals surface area contributed by atoms with Crippen LogP contribution >= 0.6 is 0 Å². The summed E-state index contributed by atoms with van der Waals surface area (Å²) in [5.41, 5.74) is 3.02. The van der Waals surface area contributed by atoms with Crippen molar-refractivity contribution >= 4 is 11.8 Å². The smallest absolute Gasteiger partial charge is 0.257 e. The van der Waals surface area contributed by atoms with Crippen LogP contribution in [-0.2, 0) is 12.1 Å². The van der Waals surface area contributed by atoms with Crippen molar-refractivity contribution in [3.05, 3.63) is 83.2 Å². The van der Waals surface area contributed by atoms with Crippen molar-refractivity contribution in [3.8, 4) is 5.75 Å². The maximum atomic E-state index is 13.1. The predicted molar refractivity (Wildman–Crippen MR) is 131 cm³/mol. The van der Waals surface area contributed by atoms with E-state index in [-0.39, 0.29) is 17.4 Å². The third-order valence-electron chi connectivity index (χ3n) is 6.08. The first kappa shape index (κ1) is 23.5. The van der Waals surface area contributed by atoms with Crippen LogP contribution < -0.4 is 4.74 Å². The summed E-state index contributed by atoms with van der Waals surface area (Å²) >= 11 is 0. The molecule has 0 atom stereocenters. The predicted octanol–water partition coefficient (Wildman–Crippen LogP) is 4.12. The first-order chi connectivity index (χ1) is 16.2. The number of hydrogen-bond donors (Lipinski definition) is 0. The van der Waals surface area contributed by atoms with E-state index in [2.05, 4.69) is 25.9 Å². The summed E-state index contributed by atoms with van der Waals surface area (Å²) in [7, 11) is 0. The van der Waals surface area contributed by atoms with Gasteiger partial charge in [0.15, 0.2) is 0 Å². The molecule has 7 nitrogen and oxygen atoms in total. The molecule has 1 aliphatic rings. The van der Waals surface area contributed by atoms with Gasteiger partial charge in [0, 0.05) is 37.4 Å². The number of carbonyl (C=O) groups excluding carboxylic acids is 2. The lowest BCUT2D eigenvalue weighted by molar-refractivity contribution is 0.0535. The van der Waals surface area contributed by atoms with Crippen LogP contribution in [0.25, 0.3) is 0 Å². The Morgan fingerprint density at radius 1 is 0.882 bits per heavy atom. The van der Waals surface area contributed by atoms with Crippen molar-refractivity contribution < 1.29 is 14.3 Å². The van der Waals surface area contributed by atoms with Gasteiger partial charge >= 0.3 is 0 Å². The maximum Gasteiger partial charge on any atom is 0.257 e. The average Bonchev–Trinajstić information content (AvgIpc) is 3.25. The van der Waals surface area contributed by atoms with Crippen molar-refractivity contribution in [2.45, 2.75) is 39.8 Å². The largest absolute Gasteiger partial charge is 0.489 e. The average molecular weight is 461 g/mol. The van der Waals surface area contributed by atoms with Gasteiger partial charge in [-0.25, -0.2) is 0 Å². The van der Waals surface area contributed by atoms with Crippen molar-refractivity contribution in [2.24, 2.45) is 0 Å². The van der Waals surface area contributed by atoms with Crippen LogP contribution in [0.15, 0.2) is 60.8 Å². The molecule has 0 spiro atoms. The number of ether oxygens (including phenoxy) is 1. The van der Waals surface area contributed by atoms with Gasteiger partial charge in [0.05, 0.1) is 17.3 Å². The number of rotatable bonds is 5. The van der Waals surface area contributed by atoms with Gasteiger partial charge in [0.2, 0.25) is 0 Å². The minimum atomic E-state index is -0.185. The molecule has 3 aromatic rings. The zero-order valence-electron chi connectivity index (χ0n) is 20.3. The molecule has 0 bridgehead atoms. The van der Waals surface area contributed by atoms with E-state index in [1.54, 1.807) is 28.1 Å².